The molecular formula is C9H19NS. The topological polar surface area (TPSA) is 3.24 Å². The molecule has 1 fully saturated rings. The van der Waals surface area contributed by atoms with E-state index in [1.807, 2.05) is 0 Å². The molecule has 0 amide bonds. The Labute approximate surface area is 74.5 Å². The summed E-state index contributed by atoms with van der Waals surface area (Å²) < 4.78 is 0. The molecular weight excluding hydrogens is 154 g/mol. The van der Waals surface area contributed by atoms with Crippen LogP contribution >= 0.6 is 11.8 Å². The van der Waals surface area contributed by atoms with Crippen LogP contribution in [-0.2, 0) is 0 Å². The summed E-state index contributed by atoms with van der Waals surface area (Å²) >= 11 is 2.08. The fraction of sp³-hybridized carbons (Fsp3) is 1.00. The van der Waals surface area contributed by atoms with Gasteiger partial charge in [-0.2, -0.15) is 0 Å². The molecule has 66 valence electrons. The van der Waals surface area contributed by atoms with Gasteiger partial charge in [0, 0.05) is 12.3 Å². The number of rotatable bonds is 3. The van der Waals surface area contributed by atoms with Gasteiger partial charge in [-0.1, -0.05) is 13.8 Å². The highest BCUT2D eigenvalue weighted by atomic mass is 32.2. The largest absolute Gasteiger partial charge is 0.291 e. The zero-order valence-corrected chi connectivity index (χ0v) is 8.66. The summed E-state index contributed by atoms with van der Waals surface area (Å²) in [5, 5.41) is 0.772. The third-order valence-corrected chi connectivity index (χ3v) is 3.44. The average Bonchev–Trinajstić information content (AvgIpc) is 2.31. The van der Waals surface area contributed by atoms with Crippen molar-refractivity contribution in [3.8, 4) is 0 Å². The van der Waals surface area contributed by atoms with E-state index in [0.29, 0.717) is 0 Å². The molecule has 0 aromatic carbocycles. The summed E-state index contributed by atoms with van der Waals surface area (Å²) in [6.07, 6.45) is 1.35. The molecule has 1 unspecified atom stereocenters. The molecule has 0 saturated carbocycles. The molecule has 1 aliphatic rings. The van der Waals surface area contributed by atoms with Crippen molar-refractivity contribution in [2.24, 2.45) is 5.92 Å². The minimum absolute atomic E-state index is 0.772. The molecule has 0 aromatic rings. The summed E-state index contributed by atoms with van der Waals surface area (Å²) in [6.45, 7) is 9.52. The van der Waals surface area contributed by atoms with Crippen molar-refractivity contribution in [3.63, 3.8) is 0 Å². The molecule has 0 spiro atoms. The maximum absolute atomic E-state index is 2.59. The summed E-state index contributed by atoms with van der Waals surface area (Å²) in [5.74, 6) is 2.19. The summed E-state index contributed by atoms with van der Waals surface area (Å²) in [4.78, 5) is 2.59. The molecule has 2 heteroatoms. The van der Waals surface area contributed by atoms with E-state index in [4.69, 9.17) is 0 Å². The Kier molecular flexibility index (Phi) is 3.73. The number of nitrogens with zero attached hydrogens (tertiary/aromatic N) is 1. The number of thioether (sulfide) groups is 1. The maximum atomic E-state index is 2.59. The molecule has 1 saturated heterocycles. The third kappa shape index (κ3) is 3.04. The van der Waals surface area contributed by atoms with E-state index >= 15 is 0 Å². The first-order valence-electron chi connectivity index (χ1n) is 4.56. The molecule has 0 aromatic heterocycles. The van der Waals surface area contributed by atoms with Gasteiger partial charge in [-0.05, 0) is 25.8 Å². The van der Waals surface area contributed by atoms with Gasteiger partial charge < -0.3 is 0 Å². The first-order valence-corrected chi connectivity index (χ1v) is 5.60. The lowest BCUT2D eigenvalue weighted by atomic mass is 10.1. The zero-order chi connectivity index (χ0) is 8.27. The monoisotopic (exact) mass is 173 g/mol. The Morgan fingerprint density at radius 1 is 1.55 bits per heavy atom. The van der Waals surface area contributed by atoms with Crippen LogP contribution in [0.5, 0.6) is 0 Å². The fourth-order valence-corrected chi connectivity index (χ4v) is 2.45. The minimum Gasteiger partial charge on any atom is -0.291 e. The highest BCUT2D eigenvalue weighted by molar-refractivity contribution is 8.00. The van der Waals surface area contributed by atoms with Crippen LogP contribution in [-0.4, -0.2) is 29.1 Å². The molecule has 0 N–H and O–H groups in total. The molecule has 1 atom stereocenters. The van der Waals surface area contributed by atoms with Gasteiger partial charge in [0.05, 0.1) is 5.37 Å². The lowest BCUT2D eigenvalue weighted by Crippen LogP contribution is -2.27. The second-order valence-corrected chi connectivity index (χ2v) is 5.11. The molecule has 1 heterocycles. The SMILES string of the molecule is CC(C)CCN1CCSC1C. The smallest absolute Gasteiger partial charge is 0.0529 e. The van der Waals surface area contributed by atoms with Gasteiger partial charge >= 0.3 is 0 Å². The second kappa shape index (κ2) is 4.36. The average molecular weight is 173 g/mol. The quantitative estimate of drug-likeness (QED) is 0.645. The molecule has 11 heavy (non-hydrogen) atoms. The maximum Gasteiger partial charge on any atom is 0.0529 e. The van der Waals surface area contributed by atoms with Crippen LogP contribution < -0.4 is 0 Å². The van der Waals surface area contributed by atoms with E-state index in [-0.39, 0.29) is 0 Å². The predicted molar refractivity (Wildman–Crippen MR) is 52.9 cm³/mol. The minimum atomic E-state index is 0.772. The van der Waals surface area contributed by atoms with E-state index in [0.717, 1.165) is 11.3 Å². The van der Waals surface area contributed by atoms with Gasteiger partial charge in [0.25, 0.3) is 0 Å². The highest BCUT2D eigenvalue weighted by Gasteiger charge is 2.19. The Bertz CT molecular complexity index is 114. The normalized spacial score (nSPS) is 26.7. The van der Waals surface area contributed by atoms with Crippen molar-refractivity contribution in [1.82, 2.24) is 4.90 Å². The molecule has 0 bridgehead atoms. The van der Waals surface area contributed by atoms with Gasteiger partial charge in [0.2, 0.25) is 0 Å². The number of hydrogen-bond acceptors (Lipinski definition) is 2. The van der Waals surface area contributed by atoms with Crippen LogP contribution in [0.25, 0.3) is 0 Å². The Balaban J connectivity index is 2.15. The Morgan fingerprint density at radius 3 is 2.73 bits per heavy atom. The van der Waals surface area contributed by atoms with Crippen LogP contribution in [0.1, 0.15) is 27.2 Å². The Morgan fingerprint density at radius 2 is 2.27 bits per heavy atom. The first kappa shape index (κ1) is 9.40. The van der Waals surface area contributed by atoms with Crippen LogP contribution in [0.4, 0.5) is 0 Å². The lowest BCUT2D eigenvalue weighted by molar-refractivity contribution is 0.280. The highest BCUT2D eigenvalue weighted by Crippen LogP contribution is 2.23. The van der Waals surface area contributed by atoms with Gasteiger partial charge in [-0.3, -0.25) is 4.90 Å². The van der Waals surface area contributed by atoms with Gasteiger partial charge in [0.15, 0.2) is 0 Å². The summed E-state index contributed by atoms with van der Waals surface area (Å²) in [7, 11) is 0. The summed E-state index contributed by atoms with van der Waals surface area (Å²) in [6, 6.07) is 0. The van der Waals surface area contributed by atoms with E-state index in [2.05, 4.69) is 37.4 Å². The van der Waals surface area contributed by atoms with E-state index in [9.17, 15) is 0 Å². The van der Waals surface area contributed by atoms with Gasteiger partial charge in [0.1, 0.15) is 0 Å². The van der Waals surface area contributed by atoms with Crippen molar-refractivity contribution in [1.29, 1.82) is 0 Å². The van der Waals surface area contributed by atoms with Crippen LogP contribution in [0, 0.1) is 5.92 Å². The molecule has 1 rings (SSSR count). The third-order valence-electron chi connectivity index (χ3n) is 2.25. The molecule has 0 radical (unpaired) electrons. The van der Waals surface area contributed by atoms with Crippen molar-refractivity contribution < 1.29 is 0 Å². The van der Waals surface area contributed by atoms with Crippen molar-refractivity contribution in [2.45, 2.75) is 32.6 Å². The van der Waals surface area contributed by atoms with Crippen molar-refractivity contribution >= 4 is 11.8 Å². The van der Waals surface area contributed by atoms with E-state index in [1.165, 1.54) is 25.3 Å². The second-order valence-electron chi connectivity index (χ2n) is 3.69. The predicted octanol–water partition coefficient (Wildman–Crippen LogP) is 2.43. The first-order chi connectivity index (χ1) is 5.20. The summed E-state index contributed by atoms with van der Waals surface area (Å²) in [5.41, 5.74) is 0. The molecule has 1 nitrogen and oxygen atoms in total. The molecule has 0 aliphatic carbocycles. The molecule has 1 aliphatic heterocycles. The number of hydrogen-bond donors (Lipinski definition) is 0. The van der Waals surface area contributed by atoms with E-state index in [1.54, 1.807) is 0 Å². The van der Waals surface area contributed by atoms with Crippen molar-refractivity contribution in [3.05, 3.63) is 0 Å². The van der Waals surface area contributed by atoms with Crippen molar-refractivity contribution in [2.75, 3.05) is 18.8 Å². The fourth-order valence-electron chi connectivity index (χ4n) is 1.35. The zero-order valence-electron chi connectivity index (χ0n) is 7.84. The van der Waals surface area contributed by atoms with Gasteiger partial charge in [-0.15, -0.1) is 11.8 Å². The van der Waals surface area contributed by atoms with Crippen LogP contribution in [0.2, 0.25) is 0 Å². The van der Waals surface area contributed by atoms with E-state index < -0.39 is 0 Å². The Hall–Kier alpha value is 0.310. The van der Waals surface area contributed by atoms with Crippen LogP contribution in [0.3, 0.4) is 0 Å². The van der Waals surface area contributed by atoms with Crippen LogP contribution in [0.15, 0.2) is 0 Å². The lowest BCUT2D eigenvalue weighted by Gasteiger charge is -2.20. The standard InChI is InChI=1S/C9H19NS/c1-8(2)4-5-10-6-7-11-9(10)3/h8-9H,4-7H2,1-3H3. The van der Waals surface area contributed by atoms with Gasteiger partial charge in [-0.25, -0.2) is 0 Å².